The van der Waals surface area contributed by atoms with E-state index >= 15 is 0 Å². The first-order valence-electron chi connectivity index (χ1n) is 13.2. The smallest absolute Gasteiger partial charge is 0.319 e. The minimum atomic E-state index is -0.546. The minimum absolute atomic E-state index is 0.0339. The van der Waals surface area contributed by atoms with Crippen LogP contribution in [0.25, 0.3) is 0 Å². The van der Waals surface area contributed by atoms with Gasteiger partial charge in [0.1, 0.15) is 23.0 Å². The van der Waals surface area contributed by atoms with E-state index in [9.17, 15) is 9.59 Å². The molecular weight excluding hydrogens is 470 g/mol. The molecule has 10 heteroatoms. The molecule has 2 bridgehead atoms. The normalized spacial score (nSPS) is 28.0. The Morgan fingerprint density at radius 1 is 1.22 bits per heavy atom. The molecule has 0 aromatic carbocycles. The first kappa shape index (κ1) is 23.8. The molecule has 4 aliphatic carbocycles. The number of primary amides is 1. The number of ketones is 1. The lowest BCUT2D eigenvalue weighted by Crippen LogP contribution is -2.52. The molecule has 1 aliphatic heterocycles. The number of hydrogen-bond acceptors (Lipinski definition) is 9. The first-order chi connectivity index (χ1) is 17.8. The second kappa shape index (κ2) is 9.05. The average Bonchev–Trinajstić information content (AvgIpc) is 3.63. The largest absolute Gasteiger partial charge is 0.463 e. The fourth-order valence-electron chi connectivity index (χ4n) is 6.13. The molecular formula is C27H31N7O3. The van der Waals surface area contributed by atoms with Gasteiger partial charge < -0.3 is 15.4 Å². The number of Topliss-reactive ketones (excluding diaryl/α,β-unsaturated/α-hetero) is 1. The summed E-state index contributed by atoms with van der Waals surface area (Å²) >= 11 is 0. The van der Waals surface area contributed by atoms with Gasteiger partial charge in [-0.3, -0.25) is 9.59 Å². The van der Waals surface area contributed by atoms with Gasteiger partial charge in [-0.25, -0.2) is 9.97 Å². The number of carbonyl (C=O) groups is 2. The molecule has 192 valence electrons. The van der Waals surface area contributed by atoms with E-state index in [1.54, 1.807) is 19.2 Å². The van der Waals surface area contributed by atoms with Crippen LogP contribution >= 0.6 is 0 Å². The van der Waals surface area contributed by atoms with Gasteiger partial charge >= 0.3 is 6.01 Å². The third-order valence-corrected chi connectivity index (χ3v) is 8.60. The van der Waals surface area contributed by atoms with Crippen molar-refractivity contribution >= 4 is 17.5 Å². The summed E-state index contributed by atoms with van der Waals surface area (Å²) in [4.78, 5) is 45.1. The number of aromatic nitrogens is 4. The standard InChI is InChI=1S/C27H31N7O3/c1-15-13-30-25(33-23(15)24(29)36)17-2-4-34(5-3-17)22-7-20(21(35)11-27-8-16(9-27)10-27)31-26(32-22)37-14-19-6-18(19)12-28/h7,13,16-19H,2-6,8-11,14H2,1H3,(H2,29,36)/t16?,18-,19+,27?/m0/s1. The zero-order valence-corrected chi connectivity index (χ0v) is 21.0. The van der Waals surface area contributed by atoms with E-state index in [0.717, 1.165) is 44.4 Å². The van der Waals surface area contributed by atoms with E-state index in [0.29, 0.717) is 49.0 Å². The van der Waals surface area contributed by atoms with Gasteiger partial charge in [-0.2, -0.15) is 15.2 Å². The van der Waals surface area contributed by atoms with Crippen LogP contribution in [-0.2, 0) is 0 Å². The lowest BCUT2D eigenvalue weighted by atomic mass is 9.43. The van der Waals surface area contributed by atoms with Crippen LogP contribution in [0.5, 0.6) is 6.01 Å². The maximum absolute atomic E-state index is 13.2. The summed E-state index contributed by atoms with van der Waals surface area (Å²) in [5.41, 5.74) is 7.02. The SMILES string of the molecule is Cc1cnc(C2CCN(c3cc(C(=O)CC45CC(C4)C5)nc(OC[C@H]4C[C@H]4C#N)n3)CC2)nc1C(N)=O. The maximum Gasteiger partial charge on any atom is 0.319 e. The van der Waals surface area contributed by atoms with Crippen molar-refractivity contribution in [2.75, 3.05) is 24.6 Å². The van der Waals surface area contributed by atoms with E-state index in [-0.39, 0.29) is 40.7 Å². The average molecular weight is 502 g/mol. The summed E-state index contributed by atoms with van der Waals surface area (Å²) < 4.78 is 5.89. The zero-order chi connectivity index (χ0) is 25.7. The van der Waals surface area contributed by atoms with Crippen LogP contribution in [0.2, 0.25) is 0 Å². The van der Waals surface area contributed by atoms with Crippen molar-refractivity contribution in [3.63, 3.8) is 0 Å². The molecule has 5 aliphatic rings. The lowest BCUT2D eigenvalue weighted by Gasteiger charge is -2.61. The Labute approximate surface area is 215 Å². The van der Waals surface area contributed by atoms with Crippen molar-refractivity contribution in [2.45, 2.75) is 57.8 Å². The minimum Gasteiger partial charge on any atom is -0.463 e. The highest BCUT2D eigenvalue weighted by Gasteiger charge is 2.57. The summed E-state index contributed by atoms with van der Waals surface area (Å²) in [5, 5.41) is 9.09. The highest BCUT2D eigenvalue weighted by atomic mass is 16.5. The predicted molar refractivity (Wildman–Crippen MR) is 133 cm³/mol. The van der Waals surface area contributed by atoms with Gasteiger partial charge in [0.25, 0.3) is 5.91 Å². The Morgan fingerprint density at radius 3 is 2.59 bits per heavy atom. The summed E-state index contributed by atoms with van der Waals surface area (Å²) in [6, 6.07) is 4.27. The number of aryl methyl sites for hydroxylation is 1. The molecule has 0 radical (unpaired) electrons. The zero-order valence-electron chi connectivity index (χ0n) is 21.0. The number of nitriles is 1. The third-order valence-electron chi connectivity index (χ3n) is 8.60. The van der Waals surface area contributed by atoms with Crippen molar-refractivity contribution in [3.8, 4) is 12.1 Å². The van der Waals surface area contributed by atoms with Crippen LogP contribution in [-0.4, -0.2) is 51.3 Å². The molecule has 1 amide bonds. The summed E-state index contributed by atoms with van der Waals surface area (Å²) in [5.74, 6) is 1.98. The molecule has 2 N–H and O–H groups in total. The van der Waals surface area contributed by atoms with Crippen LogP contribution in [0, 0.1) is 41.4 Å². The molecule has 2 aromatic rings. The topological polar surface area (TPSA) is 148 Å². The third kappa shape index (κ3) is 4.63. The van der Waals surface area contributed by atoms with Crippen LogP contribution in [0.15, 0.2) is 12.3 Å². The molecule has 1 saturated heterocycles. The number of hydrogen-bond donors (Lipinski definition) is 1. The molecule has 4 saturated carbocycles. The lowest BCUT2D eigenvalue weighted by molar-refractivity contribution is -0.103. The molecule has 10 nitrogen and oxygen atoms in total. The van der Waals surface area contributed by atoms with E-state index in [4.69, 9.17) is 15.7 Å². The fourth-order valence-corrected chi connectivity index (χ4v) is 6.13. The van der Waals surface area contributed by atoms with Crippen molar-refractivity contribution in [1.29, 1.82) is 5.26 Å². The number of ether oxygens (including phenoxy) is 1. The number of amides is 1. The molecule has 37 heavy (non-hydrogen) atoms. The van der Waals surface area contributed by atoms with Crippen LogP contribution in [0.3, 0.4) is 0 Å². The van der Waals surface area contributed by atoms with Crippen LogP contribution in [0.4, 0.5) is 5.82 Å². The van der Waals surface area contributed by atoms with Gasteiger partial charge in [-0.05, 0) is 62.3 Å². The van der Waals surface area contributed by atoms with Crippen molar-refractivity contribution in [1.82, 2.24) is 19.9 Å². The molecule has 3 heterocycles. The molecule has 7 rings (SSSR count). The van der Waals surface area contributed by atoms with Crippen molar-refractivity contribution in [3.05, 3.63) is 35.0 Å². The first-order valence-corrected chi connectivity index (χ1v) is 13.2. The highest BCUT2D eigenvalue weighted by Crippen LogP contribution is 2.66. The number of rotatable bonds is 9. The Kier molecular flexibility index (Phi) is 5.81. The number of piperidine rings is 1. The maximum atomic E-state index is 13.2. The number of nitrogens with zero attached hydrogens (tertiary/aromatic N) is 6. The number of carbonyl (C=O) groups excluding carboxylic acids is 2. The summed E-state index contributed by atoms with van der Waals surface area (Å²) in [7, 11) is 0. The highest BCUT2D eigenvalue weighted by molar-refractivity contribution is 5.95. The number of nitrogens with two attached hydrogens (primary N) is 1. The number of anilines is 1. The van der Waals surface area contributed by atoms with Crippen LogP contribution in [0.1, 0.15) is 83.2 Å². The fraction of sp³-hybridized carbons (Fsp3) is 0.593. The quantitative estimate of drug-likeness (QED) is 0.512. The second-order valence-corrected chi connectivity index (χ2v) is 11.4. The van der Waals surface area contributed by atoms with Gasteiger partial charge in [0.05, 0.1) is 18.6 Å². The van der Waals surface area contributed by atoms with Crippen molar-refractivity contribution in [2.24, 2.45) is 28.9 Å². The van der Waals surface area contributed by atoms with E-state index < -0.39 is 5.91 Å². The van der Waals surface area contributed by atoms with Gasteiger partial charge in [0.2, 0.25) is 0 Å². The molecule has 5 fully saturated rings. The van der Waals surface area contributed by atoms with Crippen molar-refractivity contribution < 1.29 is 14.3 Å². The molecule has 0 spiro atoms. The van der Waals surface area contributed by atoms with Gasteiger partial charge in [-0.1, -0.05) is 0 Å². The Hall–Kier alpha value is -3.61. The predicted octanol–water partition coefficient (Wildman–Crippen LogP) is 2.97. The van der Waals surface area contributed by atoms with Crippen LogP contribution < -0.4 is 15.4 Å². The summed E-state index contributed by atoms with van der Waals surface area (Å²) in [6.07, 6.45) is 8.05. The van der Waals surface area contributed by atoms with Gasteiger partial charge in [-0.15, -0.1) is 0 Å². The molecule has 2 aromatic heterocycles. The van der Waals surface area contributed by atoms with E-state index in [1.807, 2.05) is 0 Å². The Morgan fingerprint density at radius 2 is 1.97 bits per heavy atom. The molecule has 0 unspecified atom stereocenters. The molecule has 2 atom stereocenters. The monoisotopic (exact) mass is 501 g/mol. The van der Waals surface area contributed by atoms with E-state index in [1.165, 1.54) is 0 Å². The van der Waals surface area contributed by atoms with Gasteiger partial charge in [0, 0.05) is 43.6 Å². The second-order valence-electron chi connectivity index (χ2n) is 11.4. The Balaban J connectivity index is 1.17. The van der Waals surface area contributed by atoms with Gasteiger partial charge in [0.15, 0.2) is 5.78 Å². The summed E-state index contributed by atoms with van der Waals surface area (Å²) in [6.45, 7) is 3.55. The van der Waals surface area contributed by atoms with E-state index in [2.05, 4.69) is 30.9 Å². The Bertz CT molecular complexity index is 1280.